The van der Waals surface area contributed by atoms with Gasteiger partial charge in [-0.2, -0.15) is 0 Å². The summed E-state index contributed by atoms with van der Waals surface area (Å²) >= 11 is 0. The Balaban J connectivity index is 0.000000426. The quantitative estimate of drug-likeness (QED) is 0.571. The molecule has 0 saturated heterocycles. The van der Waals surface area contributed by atoms with Crippen molar-refractivity contribution in [1.82, 2.24) is 0 Å². The molecule has 0 fully saturated rings. The van der Waals surface area contributed by atoms with Crippen molar-refractivity contribution in [3.05, 3.63) is 71.8 Å². The molecule has 2 aromatic carbocycles. The summed E-state index contributed by atoms with van der Waals surface area (Å²) in [4.78, 5) is 20.4. The second kappa shape index (κ2) is 11.5. The Morgan fingerprint density at radius 1 is 0.667 bits per heavy atom. The van der Waals surface area contributed by atoms with Crippen LogP contribution in [0, 0.1) is 5.41 Å². The highest BCUT2D eigenvalue weighted by atomic mass is 16.4. The zero-order valence-corrected chi connectivity index (χ0v) is 18.6. The summed E-state index contributed by atoms with van der Waals surface area (Å²) < 4.78 is 0. The predicted molar refractivity (Wildman–Crippen MR) is 118 cm³/mol. The minimum atomic E-state index is -1.04. The molecule has 1 atom stereocenters. The van der Waals surface area contributed by atoms with Gasteiger partial charge in [0.2, 0.25) is 0 Å². The Morgan fingerprint density at radius 2 is 0.967 bits per heavy atom. The van der Waals surface area contributed by atoms with E-state index < -0.39 is 23.1 Å². The first kappa shape index (κ1) is 27.3. The lowest BCUT2D eigenvalue weighted by molar-refractivity contribution is -0.136. The van der Waals surface area contributed by atoms with Crippen LogP contribution in [0.2, 0.25) is 0 Å². The van der Waals surface area contributed by atoms with Gasteiger partial charge < -0.3 is 20.4 Å². The minimum Gasteiger partial charge on any atom is -0.478 e. The predicted octanol–water partition coefficient (Wildman–Crippen LogP) is 4.71. The van der Waals surface area contributed by atoms with Crippen molar-refractivity contribution in [2.75, 3.05) is 0 Å². The first-order chi connectivity index (χ1) is 13.6. The maximum atomic E-state index is 10.2. The highest BCUT2D eigenvalue weighted by molar-refractivity contribution is 5.87. The lowest BCUT2D eigenvalue weighted by Gasteiger charge is -2.40. The molecule has 166 valence electrons. The third-order valence-corrected chi connectivity index (χ3v) is 4.23. The molecule has 4 N–H and O–H groups in total. The van der Waals surface area contributed by atoms with Crippen LogP contribution in [0.5, 0.6) is 0 Å². The van der Waals surface area contributed by atoms with E-state index in [1.165, 1.54) is 0 Å². The van der Waals surface area contributed by atoms with Crippen molar-refractivity contribution in [1.29, 1.82) is 0 Å². The molecule has 30 heavy (non-hydrogen) atoms. The molecule has 0 aliphatic heterocycles. The summed E-state index contributed by atoms with van der Waals surface area (Å²) in [5.74, 6) is -1.76. The normalized spacial score (nSPS) is 12.9. The molecular formula is C24H34O6. The van der Waals surface area contributed by atoms with Crippen molar-refractivity contribution in [3.8, 4) is 0 Å². The van der Waals surface area contributed by atoms with E-state index in [9.17, 15) is 19.8 Å². The van der Waals surface area contributed by atoms with Crippen LogP contribution in [-0.4, -0.2) is 43.6 Å². The SMILES string of the molecule is CC(C)(C)CC(C)(O)C(C)(C)O.O=C(O)c1ccccc1.O=C(O)c1ccccc1. The number of carboxylic acid groups (broad SMARTS) is 2. The third-order valence-electron chi connectivity index (χ3n) is 4.23. The molecule has 0 radical (unpaired) electrons. The molecule has 6 nitrogen and oxygen atoms in total. The van der Waals surface area contributed by atoms with Crippen molar-refractivity contribution in [3.63, 3.8) is 0 Å². The van der Waals surface area contributed by atoms with Gasteiger partial charge in [-0.1, -0.05) is 57.2 Å². The van der Waals surface area contributed by atoms with E-state index in [1.54, 1.807) is 81.4 Å². The highest BCUT2D eigenvalue weighted by Gasteiger charge is 2.40. The molecular weight excluding hydrogens is 384 g/mol. The van der Waals surface area contributed by atoms with Crippen LogP contribution >= 0.6 is 0 Å². The summed E-state index contributed by atoms with van der Waals surface area (Å²) in [5.41, 5.74) is -1.37. The molecule has 1 unspecified atom stereocenters. The van der Waals surface area contributed by atoms with Crippen LogP contribution in [0.1, 0.15) is 68.7 Å². The molecule has 0 aromatic heterocycles. The van der Waals surface area contributed by atoms with E-state index in [0.717, 1.165) is 0 Å². The van der Waals surface area contributed by atoms with Gasteiger partial charge in [0.25, 0.3) is 0 Å². The average Bonchev–Trinajstić information content (AvgIpc) is 2.61. The van der Waals surface area contributed by atoms with Crippen LogP contribution in [-0.2, 0) is 0 Å². The summed E-state index contributed by atoms with van der Waals surface area (Å²) in [6.45, 7) is 11.1. The summed E-state index contributed by atoms with van der Waals surface area (Å²) in [5, 5.41) is 36.4. The van der Waals surface area contributed by atoms with Crippen LogP contribution in [0.3, 0.4) is 0 Å². The van der Waals surface area contributed by atoms with Gasteiger partial charge in [-0.05, 0) is 56.9 Å². The zero-order chi connectivity index (χ0) is 23.6. The van der Waals surface area contributed by atoms with Gasteiger partial charge in [-0.15, -0.1) is 0 Å². The van der Waals surface area contributed by atoms with Gasteiger partial charge in [-0.25, -0.2) is 9.59 Å². The smallest absolute Gasteiger partial charge is 0.335 e. The summed E-state index contributed by atoms with van der Waals surface area (Å²) in [6.07, 6.45) is 0.587. The van der Waals surface area contributed by atoms with Gasteiger partial charge in [0.05, 0.1) is 22.3 Å². The highest BCUT2D eigenvalue weighted by Crippen LogP contribution is 2.33. The molecule has 0 heterocycles. The van der Waals surface area contributed by atoms with E-state index in [4.69, 9.17) is 10.2 Å². The fourth-order valence-corrected chi connectivity index (χ4v) is 2.41. The van der Waals surface area contributed by atoms with Gasteiger partial charge in [0, 0.05) is 0 Å². The Kier molecular flexibility index (Phi) is 10.4. The maximum Gasteiger partial charge on any atom is 0.335 e. The lowest BCUT2D eigenvalue weighted by atomic mass is 9.75. The molecule has 0 bridgehead atoms. The number of carboxylic acids is 2. The van der Waals surface area contributed by atoms with Crippen LogP contribution in [0.25, 0.3) is 0 Å². The first-order valence-corrected chi connectivity index (χ1v) is 9.58. The molecule has 6 heteroatoms. The van der Waals surface area contributed by atoms with E-state index in [0.29, 0.717) is 17.5 Å². The molecule has 0 amide bonds. The topological polar surface area (TPSA) is 115 Å². The maximum absolute atomic E-state index is 10.2. The molecule has 2 aromatic rings. The minimum absolute atomic E-state index is 0.0312. The Hall–Kier alpha value is -2.70. The standard InChI is InChI=1S/C10H22O2.2C7H6O2/c1-8(2,3)7-10(6,12)9(4,5)11;2*8-7(9)6-4-2-1-3-5-6/h11-12H,7H2,1-6H3;2*1-5H,(H,8,9). The second-order valence-corrected chi connectivity index (χ2v) is 8.91. The number of hydrogen-bond donors (Lipinski definition) is 4. The second-order valence-electron chi connectivity index (χ2n) is 8.91. The lowest BCUT2D eigenvalue weighted by Crippen LogP contribution is -2.49. The van der Waals surface area contributed by atoms with E-state index in [1.807, 2.05) is 20.8 Å². The van der Waals surface area contributed by atoms with Gasteiger partial charge in [0.1, 0.15) is 0 Å². The Bertz CT molecular complexity index is 719. The van der Waals surface area contributed by atoms with Crippen molar-refractivity contribution in [2.45, 2.75) is 59.2 Å². The van der Waals surface area contributed by atoms with Crippen LogP contribution in [0.15, 0.2) is 60.7 Å². The van der Waals surface area contributed by atoms with E-state index >= 15 is 0 Å². The molecule has 2 rings (SSSR count). The average molecular weight is 419 g/mol. The van der Waals surface area contributed by atoms with Crippen molar-refractivity contribution in [2.24, 2.45) is 5.41 Å². The van der Waals surface area contributed by atoms with Crippen molar-refractivity contribution >= 4 is 11.9 Å². The Labute approximate surface area is 178 Å². The van der Waals surface area contributed by atoms with E-state index in [-0.39, 0.29) is 5.41 Å². The fraction of sp³-hybridized carbons (Fsp3) is 0.417. The fourth-order valence-electron chi connectivity index (χ4n) is 2.41. The van der Waals surface area contributed by atoms with Gasteiger partial charge in [0.15, 0.2) is 0 Å². The third kappa shape index (κ3) is 11.3. The number of aliphatic hydroxyl groups is 2. The summed E-state index contributed by atoms with van der Waals surface area (Å²) in [7, 11) is 0. The number of hydrogen-bond acceptors (Lipinski definition) is 4. The monoisotopic (exact) mass is 418 g/mol. The van der Waals surface area contributed by atoms with Crippen LogP contribution in [0.4, 0.5) is 0 Å². The van der Waals surface area contributed by atoms with Gasteiger partial charge >= 0.3 is 11.9 Å². The van der Waals surface area contributed by atoms with Crippen molar-refractivity contribution < 1.29 is 30.0 Å². The number of aromatic carboxylic acids is 2. The van der Waals surface area contributed by atoms with Crippen LogP contribution < -0.4 is 0 Å². The number of carbonyl (C=O) groups is 2. The first-order valence-electron chi connectivity index (χ1n) is 9.58. The van der Waals surface area contributed by atoms with Gasteiger partial charge in [-0.3, -0.25) is 0 Å². The number of benzene rings is 2. The van der Waals surface area contributed by atoms with E-state index in [2.05, 4.69) is 0 Å². The molecule has 0 spiro atoms. The molecule has 0 aliphatic rings. The summed E-state index contributed by atoms with van der Waals surface area (Å²) in [6, 6.07) is 16.6. The number of rotatable bonds is 4. The molecule has 0 aliphatic carbocycles. The zero-order valence-electron chi connectivity index (χ0n) is 18.6. The molecule has 0 saturated carbocycles. The largest absolute Gasteiger partial charge is 0.478 e. The Morgan fingerprint density at radius 3 is 1.10 bits per heavy atom.